The van der Waals surface area contributed by atoms with Crippen molar-refractivity contribution in [1.82, 2.24) is 24.2 Å². The highest BCUT2D eigenvalue weighted by Gasteiger charge is 2.16. The molecule has 2 heterocycles. The number of imidazole rings is 1. The number of hydrogen-bond donors (Lipinski definition) is 0. The Bertz CT molecular complexity index is 797. The van der Waals surface area contributed by atoms with Crippen LogP contribution >= 0.6 is 11.6 Å². The monoisotopic (exact) mass is 385 g/mol. The van der Waals surface area contributed by atoms with E-state index in [4.69, 9.17) is 11.6 Å². The quantitative estimate of drug-likeness (QED) is 0.682. The third-order valence-electron chi connectivity index (χ3n) is 3.75. The number of alkyl halides is 2. The fraction of sp³-hybridized carbons (Fsp3) is 0.471. The zero-order valence-corrected chi connectivity index (χ0v) is 15.9. The number of amides is 1. The molecule has 0 aliphatic carbocycles. The smallest absolute Gasteiger partial charge is 0.319 e. The van der Waals surface area contributed by atoms with Crippen molar-refractivity contribution in [1.29, 1.82) is 0 Å². The zero-order chi connectivity index (χ0) is 19.4. The molecular formula is C17H22ClF2N5O. The Kier molecular flexibility index (Phi) is 6.52. The van der Waals surface area contributed by atoms with Gasteiger partial charge in [0.1, 0.15) is 11.0 Å². The molecule has 0 aliphatic heterocycles. The molecule has 142 valence electrons. The number of hydrogen-bond acceptors (Lipinski definition) is 3. The van der Waals surface area contributed by atoms with Crippen LogP contribution in [0.2, 0.25) is 5.15 Å². The van der Waals surface area contributed by atoms with E-state index in [-0.39, 0.29) is 18.3 Å². The zero-order valence-electron chi connectivity index (χ0n) is 15.2. The van der Waals surface area contributed by atoms with Gasteiger partial charge in [0, 0.05) is 37.6 Å². The fourth-order valence-corrected chi connectivity index (χ4v) is 2.75. The first kappa shape index (κ1) is 20.1. The first-order chi connectivity index (χ1) is 12.2. The van der Waals surface area contributed by atoms with Crippen LogP contribution in [0.1, 0.15) is 37.5 Å². The molecule has 6 nitrogen and oxygen atoms in total. The molecule has 0 bridgehead atoms. The van der Waals surface area contributed by atoms with Gasteiger partial charge in [0.05, 0.1) is 12.2 Å². The highest BCUT2D eigenvalue weighted by atomic mass is 35.5. The van der Waals surface area contributed by atoms with Gasteiger partial charge in [0.25, 0.3) is 0 Å². The van der Waals surface area contributed by atoms with E-state index in [9.17, 15) is 13.6 Å². The van der Waals surface area contributed by atoms with Crippen LogP contribution < -0.4 is 0 Å². The van der Waals surface area contributed by atoms with Gasteiger partial charge in [-0.2, -0.15) is 13.9 Å². The lowest BCUT2D eigenvalue weighted by molar-refractivity contribution is -0.125. The van der Waals surface area contributed by atoms with Crippen molar-refractivity contribution in [3.05, 3.63) is 40.7 Å². The summed E-state index contributed by atoms with van der Waals surface area (Å²) < 4.78 is 28.1. The standard InChI is InChI=1S/C17H22ClF2N5O/c1-11(2)9-25-16(18)13(12(3)22-25)5-6-15(26)23(4)10-14-21-7-8-24(14)17(19)20/h5-8,11,17H,9-10H2,1-4H3/b6-5+. The molecule has 26 heavy (non-hydrogen) atoms. The number of nitrogens with zero attached hydrogens (tertiary/aromatic N) is 5. The average Bonchev–Trinajstić information content (AvgIpc) is 3.10. The molecule has 0 unspecified atom stereocenters. The lowest BCUT2D eigenvalue weighted by Crippen LogP contribution is -2.26. The minimum absolute atomic E-state index is 0.0279. The third kappa shape index (κ3) is 4.69. The van der Waals surface area contributed by atoms with Gasteiger partial charge in [-0.15, -0.1) is 0 Å². The van der Waals surface area contributed by atoms with Crippen LogP contribution in [0, 0.1) is 12.8 Å². The molecule has 2 rings (SSSR count). The van der Waals surface area contributed by atoms with Gasteiger partial charge in [-0.25, -0.2) is 4.98 Å². The number of halogens is 3. The Morgan fingerprint density at radius 3 is 2.73 bits per heavy atom. The van der Waals surface area contributed by atoms with Crippen LogP contribution in [0.25, 0.3) is 6.08 Å². The van der Waals surface area contributed by atoms with Crippen molar-refractivity contribution in [3.63, 3.8) is 0 Å². The maximum Gasteiger partial charge on any atom is 0.319 e. The van der Waals surface area contributed by atoms with E-state index in [2.05, 4.69) is 23.9 Å². The third-order valence-corrected chi connectivity index (χ3v) is 4.15. The van der Waals surface area contributed by atoms with Gasteiger partial charge < -0.3 is 4.90 Å². The SMILES string of the molecule is Cc1nn(CC(C)C)c(Cl)c1/C=C/C(=O)N(C)Cc1nccn1C(F)F. The number of likely N-dealkylation sites (N-methyl/N-ethyl adjacent to an activating group) is 1. The fourth-order valence-electron chi connectivity index (χ4n) is 2.44. The van der Waals surface area contributed by atoms with Crippen molar-refractivity contribution < 1.29 is 13.6 Å². The number of carbonyl (C=O) groups is 1. The molecule has 1 amide bonds. The molecule has 0 aliphatic rings. The first-order valence-corrected chi connectivity index (χ1v) is 8.54. The largest absolute Gasteiger partial charge is 0.335 e. The molecule has 0 fully saturated rings. The minimum Gasteiger partial charge on any atom is -0.335 e. The topological polar surface area (TPSA) is 56.0 Å². The van der Waals surface area contributed by atoms with E-state index in [1.165, 1.54) is 30.4 Å². The van der Waals surface area contributed by atoms with Crippen LogP contribution in [0.3, 0.4) is 0 Å². The number of rotatable bonds is 7. The Hall–Kier alpha value is -2.22. The number of carbonyl (C=O) groups excluding carboxylic acids is 1. The Labute approximate surface area is 156 Å². The summed E-state index contributed by atoms with van der Waals surface area (Å²) in [4.78, 5) is 17.4. The molecule has 9 heteroatoms. The lowest BCUT2D eigenvalue weighted by atomic mass is 10.2. The van der Waals surface area contributed by atoms with Gasteiger partial charge in [-0.3, -0.25) is 14.0 Å². The van der Waals surface area contributed by atoms with Gasteiger partial charge in [-0.1, -0.05) is 25.4 Å². The Balaban J connectivity index is 2.09. The summed E-state index contributed by atoms with van der Waals surface area (Å²) in [6.45, 7) is 3.89. The molecular weight excluding hydrogens is 364 g/mol. The van der Waals surface area contributed by atoms with Crippen LogP contribution in [0.4, 0.5) is 8.78 Å². The molecule has 2 aromatic heterocycles. The summed E-state index contributed by atoms with van der Waals surface area (Å²) in [6, 6.07) is 0. The van der Waals surface area contributed by atoms with E-state index >= 15 is 0 Å². The second kappa shape index (κ2) is 8.44. The average molecular weight is 386 g/mol. The summed E-state index contributed by atoms with van der Waals surface area (Å²) in [5, 5.41) is 4.85. The van der Waals surface area contributed by atoms with Crippen molar-refractivity contribution in [3.8, 4) is 0 Å². The predicted octanol–water partition coefficient (Wildman–Crippen LogP) is 3.76. The lowest BCUT2D eigenvalue weighted by Gasteiger charge is -2.15. The van der Waals surface area contributed by atoms with E-state index in [1.54, 1.807) is 10.8 Å². The van der Waals surface area contributed by atoms with Gasteiger partial charge in [0.2, 0.25) is 5.91 Å². The van der Waals surface area contributed by atoms with E-state index in [0.29, 0.717) is 23.2 Å². The van der Waals surface area contributed by atoms with Crippen molar-refractivity contribution in [2.75, 3.05) is 7.05 Å². The van der Waals surface area contributed by atoms with Crippen LogP contribution in [-0.4, -0.2) is 37.2 Å². The second-order valence-electron chi connectivity index (χ2n) is 6.42. The molecule has 0 atom stereocenters. The molecule has 0 spiro atoms. The van der Waals surface area contributed by atoms with Crippen LogP contribution in [0.5, 0.6) is 0 Å². The van der Waals surface area contributed by atoms with Crippen LogP contribution in [0.15, 0.2) is 18.5 Å². The highest BCUT2D eigenvalue weighted by molar-refractivity contribution is 6.31. The summed E-state index contributed by atoms with van der Waals surface area (Å²) in [5.74, 6) is 0.152. The predicted molar refractivity (Wildman–Crippen MR) is 95.8 cm³/mol. The van der Waals surface area contributed by atoms with E-state index < -0.39 is 6.55 Å². The maximum atomic E-state index is 12.8. The second-order valence-corrected chi connectivity index (χ2v) is 6.78. The normalized spacial score (nSPS) is 11.9. The minimum atomic E-state index is -2.69. The molecule has 0 aromatic carbocycles. The summed E-state index contributed by atoms with van der Waals surface area (Å²) in [7, 11) is 1.52. The first-order valence-electron chi connectivity index (χ1n) is 8.16. The van der Waals surface area contributed by atoms with Crippen LogP contribution in [-0.2, 0) is 17.9 Å². The molecule has 2 aromatic rings. The van der Waals surface area contributed by atoms with E-state index in [1.807, 2.05) is 6.92 Å². The molecule has 0 N–H and O–H groups in total. The highest BCUT2D eigenvalue weighted by Crippen LogP contribution is 2.22. The number of aromatic nitrogens is 4. The Morgan fingerprint density at radius 1 is 1.42 bits per heavy atom. The summed E-state index contributed by atoms with van der Waals surface area (Å²) >= 11 is 6.34. The van der Waals surface area contributed by atoms with Crippen molar-refractivity contribution in [2.24, 2.45) is 5.92 Å². The van der Waals surface area contributed by atoms with Crippen molar-refractivity contribution in [2.45, 2.75) is 40.4 Å². The van der Waals surface area contributed by atoms with Gasteiger partial charge in [0.15, 0.2) is 0 Å². The number of aryl methyl sites for hydroxylation is 1. The summed E-state index contributed by atoms with van der Waals surface area (Å²) in [6.07, 6.45) is 5.41. The maximum absolute atomic E-state index is 12.8. The van der Waals surface area contributed by atoms with E-state index in [0.717, 1.165) is 10.3 Å². The molecule has 0 saturated heterocycles. The molecule has 0 saturated carbocycles. The Morgan fingerprint density at radius 2 is 2.12 bits per heavy atom. The molecule has 0 radical (unpaired) electrons. The summed E-state index contributed by atoms with van der Waals surface area (Å²) in [5.41, 5.74) is 1.39. The van der Waals surface area contributed by atoms with Crippen molar-refractivity contribution >= 4 is 23.6 Å². The van der Waals surface area contributed by atoms with Gasteiger partial charge >= 0.3 is 6.55 Å². The van der Waals surface area contributed by atoms with Gasteiger partial charge in [-0.05, 0) is 18.9 Å².